The van der Waals surface area contributed by atoms with Gasteiger partial charge in [-0.1, -0.05) is 152 Å². The van der Waals surface area contributed by atoms with Crippen LogP contribution in [0.2, 0.25) is 0 Å². The van der Waals surface area contributed by atoms with Crippen molar-refractivity contribution >= 4 is 87.2 Å². The molecule has 7 heteroatoms. The Morgan fingerprint density at radius 2 is 0.679 bits per heavy atom. The van der Waals surface area contributed by atoms with E-state index in [4.69, 9.17) is 14.7 Å². The Bertz CT molecular complexity index is 5520. The van der Waals surface area contributed by atoms with Crippen LogP contribution < -0.4 is 4.74 Å². The number of rotatable bonds is 5. The van der Waals surface area contributed by atoms with Gasteiger partial charge in [-0.15, -0.1) is 0 Å². The third-order valence-corrected chi connectivity index (χ3v) is 18.3. The summed E-state index contributed by atoms with van der Waals surface area (Å²) in [5.41, 5.74) is 20.7. The van der Waals surface area contributed by atoms with Gasteiger partial charge >= 0.3 is 0 Å². The SMILES string of the molecule is c1cnc2c(c1)C1(c3ccc(-n4c5ccccc5c5ccccc54)cc3Oc3ccc(-c4ccc5c(c4)c4ccccc4n5-c4ccc(-n5c6ccccc6c6ccccc65)cc4)cc31)c1cc(-n3c4ccccc4c4ccccc43)cnc1-2. The molecular formula is C77H46N6O. The van der Waals surface area contributed by atoms with E-state index < -0.39 is 5.41 Å². The molecule has 0 saturated heterocycles. The molecule has 84 heavy (non-hydrogen) atoms. The van der Waals surface area contributed by atoms with Crippen LogP contribution in [0.4, 0.5) is 0 Å². The molecule has 7 nitrogen and oxygen atoms in total. The second-order valence-electron chi connectivity index (χ2n) is 22.4. The lowest BCUT2D eigenvalue weighted by molar-refractivity contribution is 0.436. The molecular weight excluding hydrogens is 1020 g/mol. The first-order valence-electron chi connectivity index (χ1n) is 28.7. The van der Waals surface area contributed by atoms with E-state index in [9.17, 15) is 0 Å². The topological polar surface area (TPSA) is 54.7 Å². The average molecular weight is 1070 g/mol. The summed E-state index contributed by atoms with van der Waals surface area (Å²) in [6.45, 7) is 0. The Morgan fingerprint density at radius 3 is 1.20 bits per heavy atom. The Labute approximate surface area is 481 Å². The van der Waals surface area contributed by atoms with Crippen LogP contribution in [-0.4, -0.2) is 28.2 Å². The monoisotopic (exact) mass is 1070 g/mol. The normalized spacial score (nSPS) is 14.3. The fourth-order valence-corrected chi connectivity index (χ4v) is 14.9. The lowest BCUT2D eigenvalue weighted by atomic mass is 9.66. The van der Waals surface area contributed by atoms with Gasteiger partial charge in [-0.3, -0.25) is 9.97 Å². The Hall–Kier alpha value is -11.3. The fourth-order valence-electron chi connectivity index (χ4n) is 14.9. The van der Waals surface area contributed by atoms with Gasteiger partial charge in [-0.2, -0.15) is 0 Å². The number of pyridine rings is 2. The van der Waals surface area contributed by atoms with Crippen molar-refractivity contribution in [2.24, 2.45) is 0 Å². The van der Waals surface area contributed by atoms with Crippen LogP contribution in [0.5, 0.6) is 11.5 Å². The van der Waals surface area contributed by atoms with E-state index in [2.05, 4.69) is 285 Å². The number of fused-ring (bicyclic) bond motifs is 21. The summed E-state index contributed by atoms with van der Waals surface area (Å²) >= 11 is 0. The minimum Gasteiger partial charge on any atom is -0.457 e. The molecule has 11 aromatic carbocycles. The summed E-state index contributed by atoms with van der Waals surface area (Å²) in [5, 5.41) is 9.70. The smallest absolute Gasteiger partial charge is 0.134 e. The quantitative estimate of drug-likeness (QED) is 0.173. The Morgan fingerprint density at radius 1 is 0.262 bits per heavy atom. The molecule has 1 spiro atoms. The van der Waals surface area contributed by atoms with Gasteiger partial charge in [-0.05, 0) is 126 Å². The molecule has 0 fully saturated rings. The van der Waals surface area contributed by atoms with Crippen LogP contribution in [0.3, 0.4) is 0 Å². The molecule has 1 unspecified atom stereocenters. The molecule has 1 aliphatic carbocycles. The average Bonchev–Trinajstić information content (AvgIpc) is 4.50. The summed E-state index contributed by atoms with van der Waals surface area (Å²) < 4.78 is 16.9. The molecule has 2 aliphatic rings. The van der Waals surface area contributed by atoms with Crippen molar-refractivity contribution in [3.05, 3.63) is 302 Å². The van der Waals surface area contributed by atoms with Gasteiger partial charge in [0, 0.05) is 89.1 Å². The van der Waals surface area contributed by atoms with E-state index in [1.54, 1.807) is 0 Å². The number of aromatic nitrogens is 6. The van der Waals surface area contributed by atoms with Crippen molar-refractivity contribution in [3.8, 4) is 56.8 Å². The molecule has 0 bridgehead atoms. The van der Waals surface area contributed by atoms with Gasteiger partial charge in [0.1, 0.15) is 11.5 Å². The molecule has 1 aliphatic heterocycles. The number of ether oxygens (including phenoxy) is 1. The van der Waals surface area contributed by atoms with Crippen LogP contribution in [0.15, 0.2) is 279 Å². The Kier molecular flexibility index (Phi) is 9.14. The third kappa shape index (κ3) is 6.03. The molecule has 1 atom stereocenters. The van der Waals surface area contributed by atoms with Crippen molar-refractivity contribution in [1.82, 2.24) is 28.2 Å². The maximum atomic E-state index is 7.36. The van der Waals surface area contributed by atoms with E-state index in [1.807, 2.05) is 12.4 Å². The van der Waals surface area contributed by atoms with E-state index in [0.717, 1.165) is 112 Å². The minimum atomic E-state index is -0.884. The fraction of sp³-hybridized carbons (Fsp3) is 0.0130. The first-order chi connectivity index (χ1) is 41.7. The van der Waals surface area contributed by atoms with Gasteiger partial charge in [0.25, 0.3) is 0 Å². The third-order valence-electron chi connectivity index (χ3n) is 18.3. The number of hydrogen-bond donors (Lipinski definition) is 0. The predicted molar refractivity (Wildman–Crippen MR) is 342 cm³/mol. The molecule has 0 radical (unpaired) electrons. The first-order valence-corrected chi connectivity index (χ1v) is 28.7. The van der Waals surface area contributed by atoms with Gasteiger partial charge in [0.15, 0.2) is 0 Å². The zero-order valence-corrected chi connectivity index (χ0v) is 45.1. The van der Waals surface area contributed by atoms with Crippen LogP contribution in [0.25, 0.3) is 132 Å². The molecule has 0 saturated carbocycles. The molecule has 7 heterocycles. The number of hydrogen-bond acceptors (Lipinski definition) is 3. The van der Waals surface area contributed by atoms with E-state index in [0.29, 0.717) is 0 Å². The standard InChI is InChI=1S/C77H46N6O/c1-8-24-65-53(16-1)54-17-2-9-25-66(54)80(65)49-33-35-50(36-34-49)81-71-30-14-7-22-59(71)60-42-47(31-39-72(60)81)48-32-40-73-63(43-48)77(61-38-37-51(45-74(61)84-73)82-67-26-10-3-18-55(67)56-19-4-11-27-68(56)82)62-23-15-41-78-75(62)76-64(77)44-52(46-79-76)83-69-28-12-5-20-57(69)58-21-6-13-29-70(58)83/h1-46H. The number of benzene rings is 11. The molecule has 17 aromatic rings. The van der Waals surface area contributed by atoms with Crippen molar-refractivity contribution in [1.29, 1.82) is 0 Å². The summed E-state index contributed by atoms with van der Waals surface area (Å²) in [4.78, 5) is 10.7. The first kappa shape index (κ1) is 45.4. The molecule has 390 valence electrons. The zero-order valence-electron chi connectivity index (χ0n) is 45.1. The van der Waals surface area contributed by atoms with Crippen molar-refractivity contribution in [3.63, 3.8) is 0 Å². The Balaban J connectivity index is 0.812. The van der Waals surface area contributed by atoms with Gasteiger partial charge in [0.05, 0.1) is 72.8 Å². The zero-order chi connectivity index (χ0) is 54.8. The number of nitrogens with zero attached hydrogens (tertiary/aromatic N) is 6. The number of para-hydroxylation sites is 7. The second kappa shape index (κ2) is 16.9. The van der Waals surface area contributed by atoms with E-state index >= 15 is 0 Å². The predicted octanol–water partition coefficient (Wildman–Crippen LogP) is 19.0. The maximum Gasteiger partial charge on any atom is 0.134 e. The van der Waals surface area contributed by atoms with E-state index in [1.165, 1.54) is 54.1 Å². The van der Waals surface area contributed by atoms with Gasteiger partial charge in [0.2, 0.25) is 0 Å². The van der Waals surface area contributed by atoms with Gasteiger partial charge in [-0.25, -0.2) is 0 Å². The van der Waals surface area contributed by atoms with Crippen LogP contribution >= 0.6 is 0 Å². The van der Waals surface area contributed by atoms with Crippen LogP contribution in [0, 0.1) is 0 Å². The highest BCUT2D eigenvalue weighted by atomic mass is 16.5. The molecule has 0 N–H and O–H groups in total. The lowest BCUT2D eigenvalue weighted by Crippen LogP contribution is -2.32. The summed E-state index contributed by atoms with van der Waals surface area (Å²) in [7, 11) is 0. The highest BCUT2D eigenvalue weighted by Gasteiger charge is 2.53. The second-order valence-corrected chi connectivity index (χ2v) is 22.4. The lowest BCUT2D eigenvalue weighted by Gasteiger charge is -2.39. The summed E-state index contributed by atoms with van der Waals surface area (Å²) in [6.07, 6.45) is 3.93. The summed E-state index contributed by atoms with van der Waals surface area (Å²) in [6, 6.07) is 97.3. The highest BCUT2D eigenvalue weighted by Crippen LogP contribution is 2.62. The molecule has 0 amide bonds. The van der Waals surface area contributed by atoms with Crippen molar-refractivity contribution in [2.45, 2.75) is 5.41 Å². The summed E-state index contributed by atoms with van der Waals surface area (Å²) in [5.74, 6) is 1.58. The molecule has 19 rings (SSSR count). The van der Waals surface area contributed by atoms with Crippen molar-refractivity contribution < 1.29 is 4.74 Å². The van der Waals surface area contributed by atoms with Crippen molar-refractivity contribution in [2.75, 3.05) is 0 Å². The highest BCUT2D eigenvalue weighted by molar-refractivity contribution is 6.13. The largest absolute Gasteiger partial charge is 0.457 e. The molecule has 6 aromatic heterocycles. The maximum absolute atomic E-state index is 7.36. The van der Waals surface area contributed by atoms with Crippen LogP contribution in [-0.2, 0) is 5.41 Å². The van der Waals surface area contributed by atoms with E-state index in [-0.39, 0.29) is 0 Å². The minimum absolute atomic E-state index is 0.789. The van der Waals surface area contributed by atoms with Gasteiger partial charge < -0.3 is 23.0 Å². The van der Waals surface area contributed by atoms with Crippen LogP contribution in [0.1, 0.15) is 22.3 Å².